The van der Waals surface area contributed by atoms with Gasteiger partial charge in [0.15, 0.2) is 0 Å². The number of benzene rings is 1. The van der Waals surface area contributed by atoms with Crippen LogP contribution in [-0.2, 0) is 9.47 Å². The summed E-state index contributed by atoms with van der Waals surface area (Å²) in [5.41, 5.74) is -0.300. The van der Waals surface area contributed by atoms with Crippen LogP contribution in [0.2, 0.25) is 0 Å². The molecule has 8 heteroatoms. The van der Waals surface area contributed by atoms with Gasteiger partial charge in [-0.05, 0) is 30.1 Å². The number of halogens is 1. The number of carbonyl (C=O) groups excluding carboxylic acids is 1. The van der Waals surface area contributed by atoms with Crippen LogP contribution in [0.4, 0.5) is 0 Å². The van der Waals surface area contributed by atoms with Crippen molar-refractivity contribution in [3.63, 3.8) is 0 Å². The summed E-state index contributed by atoms with van der Waals surface area (Å²) in [7, 11) is 0. The predicted octanol–water partition coefficient (Wildman–Crippen LogP) is 2.44. The molecule has 0 saturated carbocycles. The van der Waals surface area contributed by atoms with Gasteiger partial charge in [0.2, 0.25) is 0 Å². The maximum atomic E-state index is 12.2. The Balaban J connectivity index is 1.79. The summed E-state index contributed by atoms with van der Waals surface area (Å²) < 4.78 is 12.6. The van der Waals surface area contributed by atoms with E-state index in [-0.39, 0.29) is 6.10 Å². The number of esters is 1. The quantitative estimate of drug-likeness (QED) is 0.766. The van der Waals surface area contributed by atoms with E-state index in [1.807, 2.05) is 6.07 Å². The zero-order valence-electron chi connectivity index (χ0n) is 13.9. The van der Waals surface area contributed by atoms with E-state index in [2.05, 4.69) is 20.9 Å². The van der Waals surface area contributed by atoms with E-state index < -0.39 is 29.6 Å². The lowest BCUT2D eigenvalue weighted by atomic mass is 10.2. The Hall–Kier alpha value is -2.45. The molecule has 1 aromatic carbocycles. The van der Waals surface area contributed by atoms with Crippen LogP contribution in [0.5, 0.6) is 0 Å². The first-order chi connectivity index (χ1) is 12.5. The summed E-state index contributed by atoms with van der Waals surface area (Å²) in [6.45, 7) is 1.78. The van der Waals surface area contributed by atoms with Crippen molar-refractivity contribution in [2.75, 3.05) is 0 Å². The summed E-state index contributed by atoms with van der Waals surface area (Å²) >= 11 is 3.11. The SMILES string of the molecule is C[C@H]1O[C@@H](n2cc(/C=C/Br)c(=O)[nH]c2=O)C[C@@H]1OC(=O)c1ccccc1. The Bertz CT molecular complexity index is 935. The molecule has 136 valence electrons. The molecule has 1 aliphatic rings. The van der Waals surface area contributed by atoms with Crippen molar-refractivity contribution in [3.05, 3.63) is 73.5 Å². The monoisotopic (exact) mass is 420 g/mol. The number of H-pyrrole nitrogens is 1. The fourth-order valence-electron chi connectivity index (χ4n) is 2.79. The van der Waals surface area contributed by atoms with Crippen molar-refractivity contribution in [3.8, 4) is 0 Å². The highest BCUT2D eigenvalue weighted by atomic mass is 79.9. The number of rotatable bonds is 4. The molecule has 3 atom stereocenters. The third kappa shape index (κ3) is 3.86. The molecule has 2 aromatic rings. The van der Waals surface area contributed by atoms with E-state index in [0.29, 0.717) is 17.5 Å². The van der Waals surface area contributed by atoms with Gasteiger partial charge in [-0.15, -0.1) is 0 Å². The van der Waals surface area contributed by atoms with Gasteiger partial charge in [-0.1, -0.05) is 34.1 Å². The van der Waals surface area contributed by atoms with Gasteiger partial charge in [0, 0.05) is 12.6 Å². The lowest BCUT2D eigenvalue weighted by Crippen LogP contribution is -2.33. The summed E-state index contributed by atoms with van der Waals surface area (Å²) in [6.07, 6.45) is 1.75. The van der Waals surface area contributed by atoms with E-state index >= 15 is 0 Å². The third-order valence-corrected chi connectivity index (χ3v) is 4.41. The first-order valence-corrected chi connectivity index (χ1v) is 8.95. The fraction of sp³-hybridized carbons (Fsp3) is 0.278. The van der Waals surface area contributed by atoms with Crippen LogP contribution in [0.3, 0.4) is 0 Å². The lowest BCUT2D eigenvalue weighted by molar-refractivity contribution is -0.0208. The van der Waals surface area contributed by atoms with E-state index in [1.165, 1.54) is 21.8 Å². The largest absolute Gasteiger partial charge is 0.456 e. The highest BCUT2D eigenvalue weighted by Crippen LogP contribution is 2.30. The molecule has 26 heavy (non-hydrogen) atoms. The van der Waals surface area contributed by atoms with Crippen LogP contribution in [0.25, 0.3) is 6.08 Å². The molecular weight excluding hydrogens is 404 g/mol. The molecule has 0 aliphatic carbocycles. The molecule has 1 aliphatic heterocycles. The zero-order valence-corrected chi connectivity index (χ0v) is 15.5. The number of aromatic amines is 1. The molecule has 1 fully saturated rings. The number of hydrogen-bond acceptors (Lipinski definition) is 5. The predicted molar refractivity (Wildman–Crippen MR) is 99.1 cm³/mol. The minimum atomic E-state index is -0.634. The van der Waals surface area contributed by atoms with Crippen LogP contribution >= 0.6 is 15.9 Å². The molecule has 1 aromatic heterocycles. The van der Waals surface area contributed by atoms with Crippen LogP contribution < -0.4 is 11.2 Å². The average molecular weight is 421 g/mol. The molecular formula is C18H17BrN2O5. The second-order valence-electron chi connectivity index (χ2n) is 5.88. The van der Waals surface area contributed by atoms with Crippen molar-refractivity contribution in [1.82, 2.24) is 9.55 Å². The number of aromatic nitrogens is 2. The Morgan fingerprint density at radius 1 is 1.35 bits per heavy atom. The van der Waals surface area contributed by atoms with Crippen LogP contribution in [0.15, 0.2) is 51.1 Å². The normalized spacial score (nSPS) is 22.6. The summed E-state index contributed by atoms with van der Waals surface area (Å²) in [4.78, 5) is 39.9. The Morgan fingerprint density at radius 3 is 2.77 bits per heavy atom. The summed E-state index contributed by atoms with van der Waals surface area (Å²) in [5.74, 6) is -0.441. The second-order valence-corrected chi connectivity index (χ2v) is 6.41. The van der Waals surface area contributed by atoms with Crippen LogP contribution in [-0.4, -0.2) is 27.7 Å². The average Bonchev–Trinajstić information content (AvgIpc) is 2.98. The van der Waals surface area contributed by atoms with Crippen molar-refractivity contribution < 1.29 is 14.3 Å². The van der Waals surface area contributed by atoms with Gasteiger partial charge in [0.25, 0.3) is 5.56 Å². The Morgan fingerprint density at radius 2 is 2.08 bits per heavy atom. The van der Waals surface area contributed by atoms with Crippen LogP contribution in [0, 0.1) is 0 Å². The third-order valence-electron chi connectivity index (χ3n) is 4.15. The van der Waals surface area contributed by atoms with Crippen molar-refractivity contribution in [2.45, 2.75) is 31.8 Å². The molecule has 0 radical (unpaired) electrons. The van der Waals surface area contributed by atoms with Crippen LogP contribution in [0.1, 0.15) is 35.5 Å². The van der Waals surface area contributed by atoms with Gasteiger partial charge < -0.3 is 9.47 Å². The topological polar surface area (TPSA) is 90.4 Å². The second kappa shape index (κ2) is 7.84. The maximum Gasteiger partial charge on any atom is 0.338 e. The molecule has 0 spiro atoms. The van der Waals surface area contributed by atoms with E-state index in [0.717, 1.165) is 0 Å². The minimum absolute atomic E-state index is 0.308. The number of ether oxygens (including phenoxy) is 2. The molecule has 1 saturated heterocycles. The Kier molecular flexibility index (Phi) is 5.53. The fourth-order valence-corrected chi connectivity index (χ4v) is 3.07. The number of hydrogen-bond donors (Lipinski definition) is 1. The van der Waals surface area contributed by atoms with Crippen molar-refractivity contribution in [2.24, 2.45) is 0 Å². The molecule has 0 bridgehead atoms. The molecule has 0 unspecified atom stereocenters. The zero-order chi connectivity index (χ0) is 18.7. The van der Waals surface area contributed by atoms with Gasteiger partial charge >= 0.3 is 11.7 Å². The summed E-state index contributed by atoms with van der Waals surface area (Å²) in [5, 5.41) is 0. The molecule has 0 amide bonds. The van der Waals surface area contributed by atoms with Crippen molar-refractivity contribution in [1.29, 1.82) is 0 Å². The number of carbonyl (C=O) groups is 1. The van der Waals surface area contributed by atoms with Crippen molar-refractivity contribution >= 4 is 28.0 Å². The molecule has 1 N–H and O–H groups in total. The molecule has 3 rings (SSSR count). The summed E-state index contributed by atoms with van der Waals surface area (Å²) in [6, 6.07) is 8.67. The van der Waals surface area contributed by atoms with E-state index in [4.69, 9.17) is 9.47 Å². The Labute approximate surface area is 157 Å². The highest BCUT2D eigenvalue weighted by molar-refractivity contribution is 9.11. The van der Waals surface area contributed by atoms with Gasteiger partial charge in [-0.3, -0.25) is 14.3 Å². The smallest absolute Gasteiger partial charge is 0.338 e. The maximum absolute atomic E-state index is 12.2. The van der Waals surface area contributed by atoms with Gasteiger partial charge in [-0.2, -0.15) is 0 Å². The lowest BCUT2D eigenvalue weighted by Gasteiger charge is -2.14. The minimum Gasteiger partial charge on any atom is -0.456 e. The highest BCUT2D eigenvalue weighted by Gasteiger charge is 2.36. The van der Waals surface area contributed by atoms with Gasteiger partial charge in [-0.25, -0.2) is 9.59 Å². The molecule has 7 nitrogen and oxygen atoms in total. The van der Waals surface area contributed by atoms with E-state index in [9.17, 15) is 14.4 Å². The first kappa shape index (κ1) is 18.3. The standard InChI is InChI=1S/C18H17BrN2O5/c1-11-14(26-17(23)12-5-3-2-4-6-12)9-15(25-11)21-10-13(7-8-19)16(22)20-18(21)24/h2-8,10-11,14-15H,9H2,1H3,(H,20,22,24)/b8-7+/t11-,14+,15-/m1/s1. The number of nitrogens with one attached hydrogen (secondary N) is 1. The number of nitrogens with zero attached hydrogens (tertiary/aromatic N) is 1. The van der Waals surface area contributed by atoms with Gasteiger partial charge in [0.1, 0.15) is 12.3 Å². The van der Waals surface area contributed by atoms with E-state index in [1.54, 1.807) is 31.2 Å². The van der Waals surface area contributed by atoms with Gasteiger partial charge in [0.05, 0.1) is 17.2 Å². The first-order valence-electron chi connectivity index (χ1n) is 8.03. The molecule has 2 heterocycles.